The van der Waals surface area contributed by atoms with Crippen LogP contribution < -0.4 is 0 Å². The Balaban J connectivity index is 1.73. The second-order valence-corrected chi connectivity index (χ2v) is 5.11. The van der Waals surface area contributed by atoms with Gasteiger partial charge in [0.2, 0.25) is 0 Å². The molecule has 3 nitrogen and oxygen atoms in total. The predicted octanol–water partition coefficient (Wildman–Crippen LogP) is 2.41. The average Bonchev–Trinajstić information content (AvgIpc) is 2.31. The third kappa shape index (κ3) is 1.33. The zero-order valence-electron chi connectivity index (χ0n) is 9.67. The van der Waals surface area contributed by atoms with E-state index in [4.69, 9.17) is 14.2 Å². The van der Waals surface area contributed by atoms with Crippen LogP contribution >= 0.6 is 0 Å². The van der Waals surface area contributed by atoms with Crippen molar-refractivity contribution in [3.05, 3.63) is 35.9 Å². The first-order valence-corrected chi connectivity index (χ1v) is 6.39. The Kier molecular flexibility index (Phi) is 2.10. The van der Waals surface area contributed by atoms with E-state index in [1.807, 2.05) is 6.07 Å². The van der Waals surface area contributed by atoms with E-state index in [9.17, 15) is 0 Å². The van der Waals surface area contributed by atoms with Gasteiger partial charge < -0.3 is 14.2 Å². The summed E-state index contributed by atoms with van der Waals surface area (Å²) in [5.74, 6) is 0.505. The van der Waals surface area contributed by atoms with Gasteiger partial charge in [-0.3, -0.25) is 0 Å². The van der Waals surface area contributed by atoms with E-state index in [0.29, 0.717) is 5.92 Å². The maximum Gasteiger partial charge on any atom is 0.167 e. The van der Waals surface area contributed by atoms with Gasteiger partial charge in [0.15, 0.2) is 12.6 Å². The molecule has 90 valence electrons. The van der Waals surface area contributed by atoms with Crippen molar-refractivity contribution >= 4 is 0 Å². The van der Waals surface area contributed by atoms with E-state index in [2.05, 4.69) is 24.3 Å². The quantitative estimate of drug-likeness (QED) is 0.744. The number of fused-ring (bicyclic) bond motifs is 3. The van der Waals surface area contributed by atoms with Crippen molar-refractivity contribution in [1.29, 1.82) is 0 Å². The van der Waals surface area contributed by atoms with Crippen LogP contribution in [-0.2, 0) is 19.8 Å². The summed E-state index contributed by atoms with van der Waals surface area (Å²) in [4.78, 5) is 0. The molecular formula is C14H16O3. The molecule has 4 bridgehead atoms. The van der Waals surface area contributed by atoms with E-state index in [-0.39, 0.29) is 18.2 Å². The molecule has 0 radical (unpaired) electrons. The standard InChI is InChI=1S/C14H16O3/c1-2-4-10(5-3-1)14-8-9-15-12-7-6-11(14)13(16-12)17-14/h1-5,11-13H,6-9H2/t11-,12-,13-,14+/m0/s1. The highest BCUT2D eigenvalue weighted by atomic mass is 16.8. The molecule has 1 aromatic carbocycles. The van der Waals surface area contributed by atoms with E-state index in [1.54, 1.807) is 0 Å². The number of hydrogen-bond donors (Lipinski definition) is 0. The molecule has 4 atom stereocenters. The summed E-state index contributed by atoms with van der Waals surface area (Å²) in [5.41, 5.74) is 1.12. The first-order chi connectivity index (χ1) is 8.38. The first kappa shape index (κ1) is 10.1. The van der Waals surface area contributed by atoms with E-state index >= 15 is 0 Å². The van der Waals surface area contributed by atoms with Crippen molar-refractivity contribution in [2.75, 3.05) is 6.61 Å². The Morgan fingerprint density at radius 1 is 1.12 bits per heavy atom. The summed E-state index contributed by atoms with van der Waals surface area (Å²) in [5, 5.41) is 0. The molecule has 0 aliphatic carbocycles. The van der Waals surface area contributed by atoms with Gasteiger partial charge in [0.25, 0.3) is 0 Å². The maximum atomic E-state index is 6.09. The second kappa shape index (κ2) is 3.55. The molecule has 5 rings (SSSR count). The first-order valence-electron chi connectivity index (χ1n) is 6.39. The summed E-state index contributed by atoms with van der Waals surface area (Å²) in [7, 11) is 0. The van der Waals surface area contributed by atoms with Crippen LogP contribution in [0.4, 0.5) is 0 Å². The van der Waals surface area contributed by atoms with Crippen LogP contribution in [0.15, 0.2) is 30.3 Å². The lowest BCUT2D eigenvalue weighted by atomic mass is 9.70. The molecule has 0 unspecified atom stereocenters. The summed E-state index contributed by atoms with van der Waals surface area (Å²) < 4.78 is 17.6. The zero-order chi connectivity index (χ0) is 11.3. The average molecular weight is 232 g/mol. The van der Waals surface area contributed by atoms with Gasteiger partial charge in [-0.05, 0) is 18.4 Å². The van der Waals surface area contributed by atoms with Gasteiger partial charge in [0.05, 0.1) is 6.61 Å². The minimum absolute atomic E-state index is 0.0367. The molecule has 0 saturated carbocycles. The molecule has 4 heterocycles. The largest absolute Gasteiger partial charge is 0.352 e. The highest BCUT2D eigenvalue weighted by Gasteiger charge is 2.60. The van der Waals surface area contributed by atoms with Crippen molar-refractivity contribution < 1.29 is 14.2 Å². The molecule has 3 heteroatoms. The molecule has 0 aromatic heterocycles. The fourth-order valence-electron chi connectivity index (χ4n) is 3.41. The molecule has 0 N–H and O–H groups in total. The van der Waals surface area contributed by atoms with Crippen molar-refractivity contribution in [1.82, 2.24) is 0 Å². The molecule has 4 aliphatic rings. The molecule has 1 aromatic rings. The minimum Gasteiger partial charge on any atom is -0.352 e. The van der Waals surface area contributed by atoms with Gasteiger partial charge in [-0.1, -0.05) is 30.3 Å². The summed E-state index contributed by atoms with van der Waals surface area (Å²) in [6, 6.07) is 10.5. The van der Waals surface area contributed by atoms with Gasteiger partial charge >= 0.3 is 0 Å². The molecule has 4 aliphatic heterocycles. The van der Waals surface area contributed by atoms with Gasteiger partial charge in [-0.25, -0.2) is 0 Å². The Morgan fingerprint density at radius 2 is 2.00 bits per heavy atom. The molecular weight excluding hydrogens is 216 g/mol. The fourth-order valence-corrected chi connectivity index (χ4v) is 3.41. The SMILES string of the molecule is c1ccc([C@]23CCO[C@@H]4CC[C@H]2[C@@H](O4)O3)cc1. The second-order valence-electron chi connectivity index (χ2n) is 5.11. The fraction of sp³-hybridized carbons (Fsp3) is 0.571. The maximum absolute atomic E-state index is 6.09. The lowest BCUT2D eigenvalue weighted by Gasteiger charge is -2.59. The Bertz CT molecular complexity index is 413. The normalized spacial score (nSPS) is 43.6. The highest BCUT2D eigenvalue weighted by Crippen LogP contribution is 2.55. The Hall–Kier alpha value is -0.900. The monoisotopic (exact) mass is 232 g/mol. The predicted molar refractivity (Wildman–Crippen MR) is 61.2 cm³/mol. The topological polar surface area (TPSA) is 27.7 Å². The third-order valence-electron chi connectivity index (χ3n) is 4.29. The third-order valence-corrected chi connectivity index (χ3v) is 4.29. The number of ether oxygens (including phenoxy) is 3. The summed E-state index contributed by atoms with van der Waals surface area (Å²) in [6.45, 7) is 0.725. The zero-order valence-corrected chi connectivity index (χ0v) is 9.67. The van der Waals surface area contributed by atoms with Crippen molar-refractivity contribution in [3.63, 3.8) is 0 Å². The van der Waals surface area contributed by atoms with Crippen molar-refractivity contribution in [3.8, 4) is 0 Å². The van der Waals surface area contributed by atoms with Crippen LogP contribution in [0.2, 0.25) is 0 Å². The van der Waals surface area contributed by atoms with E-state index in [1.165, 1.54) is 5.56 Å². The Morgan fingerprint density at radius 3 is 2.82 bits per heavy atom. The van der Waals surface area contributed by atoms with Gasteiger partial charge in [-0.15, -0.1) is 0 Å². The molecule has 0 amide bonds. The van der Waals surface area contributed by atoms with E-state index < -0.39 is 0 Å². The van der Waals surface area contributed by atoms with Gasteiger partial charge in [0.1, 0.15) is 5.60 Å². The van der Waals surface area contributed by atoms with Crippen LogP contribution in [0.3, 0.4) is 0 Å². The number of benzene rings is 1. The number of hydrogen-bond acceptors (Lipinski definition) is 3. The van der Waals surface area contributed by atoms with Crippen molar-refractivity contribution in [2.24, 2.45) is 5.92 Å². The lowest BCUT2D eigenvalue weighted by Crippen LogP contribution is -2.63. The lowest BCUT2D eigenvalue weighted by molar-refractivity contribution is -0.433. The minimum atomic E-state index is -0.155. The summed E-state index contributed by atoms with van der Waals surface area (Å²) in [6.07, 6.45) is 3.00. The van der Waals surface area contributed by atoms with Crippen LogP contribution in [-0.4, -0.2) is 19.2 Å². The molecule has 17 heavy (non-hydrogen) atoms. The summed E-state index contributed by atoms with van der Waals surface area (Å²) >= 11 is 0. The van der Waals surface area contributed by atoms with Crippen LogP contribution in [0.1, 0.15) is 24.8 Å². The van der Waals surface area contributed by atoms with Crippen LogP contribution in [0.25, 0.3) is 0 Å². The molecule has 0 spiro atoms. The number of rotatable bonds is 1. The van der Waals surface area contributed by atoms with Gasteiger partial charge in [-0.2, -0.15) is 0 Å². The highest BCUT2D eigenvalue weighted by molar-refractivity contribution is 5.27. The van der Waals surface area contributed by atoms with Crippen LogP contribution in [0, 0.1) is 5.92 Å². The van der Waals surface area contributed by atoms with Crippen molar-refractivity contribution in [2.45, 2.75) is 37.4 Å². The van der Waals surface area contributed by atoms with E-state index in [0.717, 1.165) is 25.9 Å². The van der Waals surface area contributed by atoms with Gasteiger partial charge in [0, 0.05) is 12.3 Å². The smallest absolute Gasteiger partial charge is 0.167 e. The molecule has 4 fully saturated rings. The molecule has 4 saturated heterocycles. The van der Waals surface area contributed by atoms with Crippen LogP contribution in [0.5, 0.6) is 0 Å². The Labute approximate surface area is 101 Å².